The molecule has 1 aliphatic heterocycles. The topological polar surface area (TPSA) is 60.1 Å². The number of methoxy groups -OCH3 is 1. The molecule has 132 valence electrons. The van der Waals surface area contributed by atoms with Gasteiger partial charge in [0.1, 0.15) is 5.75 Å². The lowest BCUT2D eigenvalue weighted by Gasteiger charge is -2.27. The van der Waals surface area contributed by atoms with Crippen molar-refractivity contribution in [2.75, 3.05) is 31.7 Å². The molecule has 0 amide bonds. The fourth-order valence-electron chi connectivity index (χ4n) is 2.56. The molecule has 0 aromatic heterocycles. The van der Waals surface area contributed by atoms with Gasteiger partial charge in [-0.2, -0.15) is 11.8 Å². The van der Waals surface area contributed by atoms with Crippen molar-refractivity contribution in [1.29, 1.82) is 0 Å². The van der Waals surface area contributed by atoms with E-state index in [1.165, 1.54) is 0 Å². The molecular weight excluding hydrogens is 334 g/mol. The number of aliphatic imine (C=N–C) groups is 1. The van der Waals surface area contributed by atoms with Crippen LogP contribution in [-0.2, 0) is 6.54 Å². The number of benzene rings is 2. The highest BCUT2D eigenvalue weighted by Gasteiger charge is 2.11. The number of rotatable bonds is 5. The summed E-state index contributed by atoms with van der Waals surface area (Å²) in [5.74, 6) is 5.04. The normalized spacial score (nSPS) is 15.1. The third kappa shape index (κ3) is 4.82. The summed E-state index contributed by atoms with van der Waals surface area (Å²) in [7, 11) is 1.63. The highest BCUT2D eigenvalue weighted by atomic mass is 32.2. The number of thioether (sulfide) groups is 1. The zero-order valence-electron chi connectivity index (χ0n) is 14.4. The minimum atomic E-state index is 0.574. The van der Waals surface area contributed by atoms with Gasteiger partial charge in [-0.3, -0.25) is 0 Å². The number of guanidine groups is 1. The molecule has 2 aromatic carbocycles. The number of para-hydroxylation sites is 2. The van der Waals surface area contributed by atoms with Gasteiger partial charge in [-0.25, -0.2) is 4.99 Å². The summed E-state index contributed by atoms with van der Waals surface area (Å²) in [5, 5.41) is 0. The molecule has 3 rings (SSSR count). The predicted octanol–water partition coefficient (Wildman–Crippen LogP) is 3.35. The molecule has 25 heavy (non-hydrogen) atoms. The minimum Gasteiger partial charge on any atom is -0.493 e. The van der Waals surface area contributed by atoms with Crippen molar-refractivity contribution in [3.63, 3.8) is 0 Å². The third-order valence-corrected chi connectivity index (χ3v) is 4.92. The van der Waals surface area contributed by atoms with Crippen LogP contribution in [0.4, 0.5) is 0 Å². The van der Waals surface area contributed by atoms with Crippen molar-refractivity contribution in [1.82, 2.24) is 4.90 Å². The summed E-state index contributed by atoms with van der Waals surface area (Å²) in [6.07, 6.45) is 0. The van der Waals surface area contributed by atoms with Crippen molar-refractivity contribution in [2.24, 2.45) is 10.7 Å². The van der Waals surface area contributed by atoms with Crippen LogP contribution in [0.15, 0.2) is 53.5 Å². The van der Waals surface area contributed by atoms with E-state index in [4.69, 9.17) is 15.2 Å². The second kappa shape index (κ2) is 8.67. The molecule has 1 fully saturated rings. The Kier molecular flexibility index (Phi) is 6.06. The van der Waals surface area contributed by atoms with Gasteiger partial charge in [-0.15, -0.1) is 0 Å². The Bertz CT molecular complexity index is 713. The summed E-state index contributed by atoms with van der Waals surface area (Å²) in [6, 6.07) is 15.5. The molecule has 0 radical (unpaired) electrons. The third-order valence-electron chi connectivity index (χ3n) is 3.98. The van der Waals surface area contributed by atoms with Crippen LogP contribution in [0.1, 0.15) is 5.56 Å². The maximum atomic E-state index is 6.09. The first kappa shape index (κ1) is 17.5. The van der Waals surface area contributed by atoms with Gasteiger partial charge in [-0.05, 0) is 29.8 Å². The van der Waals surface area contributed by atoms with Crippen LogP contribution in [0, 0.1) is 0 Å². The molecular formula is C19H23N3O2S. The van der Waals surface area contributed by atoms with Gasteiger partial charge in [-0.1, -0.05) is 24.3 Å². The highest BCUT2D eigenvalue weighted by molar-refractivity contribution is 7.99. The average molecular weight is 357 g/mol. The van der Waals surface area contributed by atoms with Gasteiger partial charge in [0.2, 0.25) is 0 Å². The number of nitrogens with two attached hydrogens (primary N) is 1. The molecule has 0 bridgehead atoms. The summed E-state index contributed by atoms with van der Waals surface area (Å²) in [6.45, 7) is 2.53. The second-order valence-corrected chi connectivity index (χ2v) is 6.90. The number of hydrogen-bond donors (Lipinski definition) is 1. The van der Waals surface area contributed by atoms with Crippen LogP contribution in [0.25, 0.3) is 0 Å². The maximum Gasteiger partial charge on any atom is 0.191 e. The predicted molar refractivity (Wildman–Crippen MR) is 104 cm³/mol. The molecule has 1 heterocycles. The van der Waals surface area contributed by atoms with E-state index in [0.717, 1.165) is 35.9 Å². The van der Waals surface area contributed by atoms with Gasteiger partial charge >= 0.3 is 0 Å². The van der Waals surface area contributed by atoms with Crippen LogP contribution >= 0.6 is 11.8 Å². The molecule has 2 N–H and O–H groups in total. The fourth-order valence-corrected chi connectivity index (χ4v) is 3.46. The van der Waals surface area contributed by atoms with Gasteiger partial charge in [0.05, 0.1) is 13.7 Å². The average Bonchev–Trinajstić information content (AvgIpc) is 2.68. The first-order chi connectivity index (χ1) is 12.3. The standard InChI is InChI=1S/C19H23N3O2S/c1-23-17-4-2-3-5-18(17)24-16-8-6-15(7-9-16)14-21-19(20)22-10-12-25-13-11-22/h2-9H,10-14H2,1H3,(H2,20,21). The minimum absolute atomic E-state index is 0.574. The molecule has 0 unspecified atom stereocenters. The van der Waals surface area contributed by atoms with Crippen LogP contribution in [-0.4, -0.2) is 42.6 Å². The molecule has 5 nitrogen and oxygen atoms in total. The zero-order chi connectivity index (χ0) is 17.5. The smallest absolute Gasteiger partial charge is 0.191 e. The Hall–Kier alpha value is -2.34. The van der Waals surface area contributed by atoms with Crippen molar-refractivity contribution < 1.29 is 9.47 Å². The molecule has 1 saturated heterocycles. The highest BCUT2D eigenvalue weighted by Crippen LogP contribution is 2.30. The van der Waals surface area contributed by atoms with Crippen LogP contribution in [0.3, 0.4) is 0 Å². The molecule has 0 atom stereocenters. The van der Waals surface area contributed by atoms with E-state index in [0.29, 0.717) is 24.0 Å². The van der Waals surface area contributed by atoms with E-state index in [-0.39, 0.29) is 0 Å². The second-order valence-electron chi connectivity index (χ2n) is 5.67. The SMILES string of the molecule is COc1ccccc1Oc1ccc(CN=C(N)N2CCSCC2)cc1. The molecule has 2 aromatic rings. The number of nitrogens with zero attached hydrogens (tertiary/aromatic N) is 2. The first-order valence-electron chi connectivity index (χ1n) is 8.28. The van der Waals surface area contributed by atoms with Crippen LogP contribution in [0.5, 0.6) is 17.2 Å². The number of ether oxygens (including phenoxy) is 2. The Balaban J connectivity index is 1.60. The zero-order valence-corrected chi connectivity index (χ0v) is 15.2. The van der Waals surface area contributed by atoms with Gasteiger partial charge in [0.25, 0.3) is 0 Å². The quantitative estimate of drug-likeness (QED) is 0.657. The van der Waals surface area contributed by atoms with E-state index < -0.39 is 0 Å². The molecule has 0 aliphatic carbocycles. The summed E-state index contributed by atoms with van der Waals surface area (Å²) in [5.41, 5.74) is 7.19. The van der Waals surface area contributed by atoms with Crippen molar-refractivity contribution >= 4 is 17.7 Å². The van der Waals surface area contributed by atoms with Crippen molar-refractivity contribution in [3.05, 3.63) is 54.1 Å². The van der Waals surface area contributed by atoms with Crippen molar-refractivity contribution in [3.8, 4) is 17.2 Å². The van der Waals surface area contributed by atoms with Crippen LogP contribution < -0.4 is 15.2 Å². The van der Waals surface area contributed by atoms with E-state index in [2.05, 4.69) is 9.89 Å². The molecule has 6 heteroatoms. The Labute approximate surface area is 152 Å². The van der Waals surface area contributed by atoms with E-state index in [1.807, 2.05) is 60.3 Å². The largest absolute Gasteiger partial charge is 0.493 e. The first-order valence-corrected chi connectivity index (χ1v) is 9.44. The summed E-state index contributed by atoms with van der Waals surface area (Å²) in [4.78, 5) is 6.66. The van der Waals surface area contributed by atoms with Crippen molar-refractivity contribution in [2.45, 2.75) is 6.54 Å². The summed E-state index contributed by atoms with van der Waals surface area (Å²) >= 11 is 1.96. The van der Waals surface area contributed by atoms with E-state index >= 15 is 0 Å². The van der Waals surface area contributed by atoms with Gasteiger partial charge in [0.15, 0.2) is 17.5 Å². The number of hydrogen-bond acceptors (Lipinski definition) is 4. The lowest BCUT2D eigenvalue weighted by Crippen LogP contribution is -2.42. The van der Waals surface area contributed by atoms with Gasteiger partial charge in [0, 0.05) is 24.6 Å². The maximum absolute atomic E-state index is 6.09. The van der Waals surface area contributed by atoms with E-state index in [9.17, 15) is 0 Å². The molecule has 0 spiro atoms. The summed E-state index contributed by atoms with van der Waals surface area (Å²) < 4.78 is 11.2. The lowest BCUT2D eigenvalue weighted by atomic mass is 10.2. The monoisotopic (exact) mass is 357 g/mol. The van der Waals surface area contributed by atoms with E-state index in [1.54, 1.807) is 7.11 Å². The Morgan fingerprint density at radius 1 is 1.08 bits per heavy atom. The van der Waals surface area contributed by atoms with Gasteiger partial charge < -0.3 is 20.1 Å². The molecule has 0 saturated carbocycles. The fraction of sp³-hybridized carbons (Fsp3) is 0.316. The lowest BCUT2D eigenvalue weighted by molar-refractivity contribution is 0.379. The Morgan fingerprint density at radius 3 is 2.44 bits per heavy atom. The van der Waals surface area contributed by atoms with Crippen LogP contribution in [0.2, 0.25) is 0 Å². The Morgan fingerprint density at radius 2 is 1.76 bits per heavy atom. The molecule has 1 aliphatic rings.